The highest BCUT2D eigenvalue weighted by Crippen LogP contribution is 2.33. The maximum absolute atomic E-state index is 12.7. The van der Waals surface area contributed by atoms with Gasteiger partial charge in [0.05, 0.1) is 0 Å². The van der Waals surface area contributed by atoms with Crippen molar-refractivity contribution in [2.45, 2.75) is 5.60 Å². The Morgan fingerprint density at radius 1 is 1.27 bits per heavy atom. The van der Waals surface area contributed by atoms with Crippen LogP contribution in [0.2, 0.25) is 5.02 Å². The van der Waals surface area contributed by atoms with Crippen LogP contribution in [0.4, 0.5) is 8.78 Å². The quantitative estimate of drug-likeness (QED) is 0.757. The minimum atomic E-state index is -1.46. The summed E-state index contributed by atoms with van der Waals surface area (Å²) in [6, 6.07) is 4.93. The van der Waals surface area contributed by atoms with Gasteiger partial charge in [0.15, 0.2) is 5.60 Å². The monoisotopic (exact) mass is 230 g/mol. The SMILES string of the molecule is FCC1(CF)C=Cc2cc(Cl)ccc2O1. The predicted octanol–water partition coefficient (Wildman–Crippen LogP) is 3.42. The Morgan fingerprint density at radius 3 is 2.67 bits per heavy atom. The third-order valence-corrected chi connectivity index (χ3v) is 2.54. The second-order valence-electron chi connectivity index (χ2n) is 3.45. The molecule has 1 aliphatic rings. The zero-order valence-corrected chi connectivity index (χ0v) is 8.60. The average molecular weight is 231 g/mol. The summed E-state index contributed by atoms with van der Waals surface area (Å²) in [7, 11) is 0. The van der Waals surface area contributed by atoms with Crippen molar-refractivity contribution in [3.63, 3.8) is 0 Å². The van der Waals surface area contributed by atoms with Crippen molar-refractivity contribution in [2.24, 2.45) is 0 Å². The lowest BCUT2D eigenvalue weighted by molar-refractivity contribution is 0.0599. The molecule has 15 heavy (non-hydrogen) atoms. The number of benzene rings is 1. The van der Waals surface area contributed by atoms with Crippen LogP contribution in [0.1, 0.15) is 5.56 Å². The van der Waals surface area contributed by atoms with Gasteiger partial charge in [-0.3, -0.25) is 0 Å². The zero-order chi connectivity index (χ0) is 10.9. The van der Waals surface area contributed by atoms with Gasteiger partial charge in [0.2, 0.25) is 0 Å². The van der Waals surface area contributed by atoms with Gasteiger partial charge in [-0.2, -0.15) is 0 Å². The molecule has 1 nitrogen and oxygen atoms in total. The van der Waals surface area contributed by atoms with Crippen LogP contribution in [0, 0.1) is 0 Å². The Hall–Kier alpha value is -1.09. The van der Waals surface area contributed by atoms with Crippen molar-refractivity contribution < 1.29 is 13.5 Å². The molecule has 0 aromatic heterocycles. The summed E-state index contributed by atoms with van der Waals surface area (Å²) in [5.74, 6) is 0.456. The molecule has 1 aromatic rings. The van der Waals surface area contributed by atoms with Crippen LogP contribution in [0.25, 0.3) is 6.08 Å². The topological polar surface area (TPSA) is 9.23 Å². The van der Waals surface area contributed by atoms with E-state index in [1.54, 1.807) is 24.3 Å². The van der Waals surface area contributed by atoms with Crippen molar-refractivity contribution in [2.75, 3.05) is 13.3 Å². The highest BCUT2D eigenvalue weighted by atomic mass is 35.5. The zero-order valence-electron chi connectivity index (χ0n) is 7.84. The molecule has 2 rings (SSSR count). The number of alkyl halides is 2. The Morgan fingerprint density at radius 2 is 2.00 bits per heavy atom. The fourth-order valence-electron chi connectivity index (χ4n) is 1.42. The highest BCUT2D eigenvalue weighted by molar-refractivity contribution is 6.30. The summed E-state index contributed by atoms with van der Waals surface area (Å²) in [6.45, 7) is -1.77. The number of rotatable bonds is 2. The van der Waals surface area contributed by atoms with Crippen LogP contribution >= 0.6 is 11.6 Å². The fraction of sp³-hybridized carbons (Fsp3) is 0.273. The standard InChI is InChI=1S/C11H9ClF2O/c12-9-1-2-10-8(5-9)3-4-11(6-13,7-14)15-10/h1-5H,6-7H2. The fourth-order valence-corrected chi connectivity index (χ4v) is 1.60. The lowest BCUT2D eigenvalue weighted by atomic mass is 10.0. The molecule has 0 atom stereocenters. The van der Waals surface area contributed by atoms with Gasteiger partial charge in [-0.15, -0.1) is 0 Å². The summed E-state index contributed by atoms with van der Waals surface area (Å²) < 4.78 is 30.6. The van der Waals surface area contributed by atoms with Gasteiger partial charge in [-0.05, 0) is 24.3 Å². The molecular weight excluding hydrogens is 222 g/mol. The van der Waals surface area contributed by atoms with Gasteiger partial charge in [0.25, 0.3) is 0 Å². The minimum Gasteiger partial charge on any atom is -0.477 e. The number of hydrogen-bond donors (Lipinski definition) is 0. The van der Waals surface area contributed by atoms with Gasteiger partial charge < -0.3 is 4.74 Å². The summed E-state index contributed by atoms with van der Waals surface area (Å²) in [6.07, 6.45) is 3.02. The first-order chi connectivity index (χ1) is 7.19. The van der Waals surface area contributed by atoms with E-state index in [-0.39, 0.29) is 0 Å². The van der Waals surface area contributed by atoms with E-state index in [0.717, 1.165) is 5.56 Å². The van der Waals surface area contributed by atoms with E-state index in [1.807, 2.05) is 0 Å². The molecule has 0 N–H and O–H groups in total. The number of halogens is 3. The smallest absolute Gasteiger partial charge is 0.184 e. The second kappa shape index (κ2) is 3.81. The number of fused-ring (bicyclic) bond motifs is 1. The first-order valence-electron chi connectivity index (χ1n) is 4.49. The third kappa shape index (κ3) is 1.84. The first-order valence-corrected chi connectivity index (χ1v) is 4.87. The second-order valence-corrected chi connectivity index (χ2v) is 3.89. The molecule has 0 aliphatic carbocycles. The molecule has 0 bridgehead atoms. The van der Waals surface area contributed by atoms with E-state index < -0.39 is 19.0 Å². The van der Waals surface area contributed by atoms with E-state index in [1.165, 1.54) is 6.08 Å². The van der Waals surface area contributed by atoms with E-state index in [2.05, 4.69) is 0 Å². The molecule has 0 amide bonds. The summed E-state index contributed by atoms with van der Waals surface area (Å²) in [5, 5.41) is 0.565. The lowest BCUT2D eigenvalue weighted by Crippen LogP contribution is -2.40. The molecule has 0 saturated carbocycles. The van der Waals surface area contributed by atoms with Crippen molar-refractivity contribution in [1.29, 1.82) is 0 Å². The first kappa shape index (κ1) is 10.4. The van der Waals surface area contributed by atoms with Gasteiger partial charge in [-0.1, -0.05) is 17.7 Å². The number of hydrogen-bond acceptors (Lipinski definition) is 1. The van der Waals surface area contributed by atoms with Crippen molar-refractivity contribution in [1.82, 2.24) is 0 Å². The molecule has 0 fully saturated rings. The molecule has 0 unspecified atom stereocenters. The normalized spacial score (nSPS) is 17.0. The van der Waals surface area contributed by atoms with Gasteiger partial charge in [0, 0.05) is 10.6 Å². The van der Waals surface area contributed by atoms with E-state index in [9.17, 15) is 8.78 Å². The molecule has 0 radical (unpaired) electrons. The van der Waals surface area contributed by atoms with E-state index in [4.69, 9.17) is 16.3 Å². The van der Waals surface area contributed by atoms with Crippen LogP contribution in [0.15, 0.2) is 24.3 Å². The maximum Gasteiger partial charge on any atom is 0.184 e. The van der Waals surface area contributed by atoms with Gasteiger partial charge in [0.1, 0.15) is 19.1 Å². The minimum absolute atomic E-state index is 0.456. The largest absolute Gasteiger partial charge is 0.477 e. The molecule has 1 heterocycles. The van der Waals surface area contributed by atoms with E-state index >= 15 is 0 Å². The average Bonchev–Trinajstić information content (AvgIpc) is 2.28. The van der Waals surface area contributed by atoms with E-state index in [0.29, 0.717) is 10.8 Å². The molecule has 4 heteroatoms. The predicted molar refractivity (Wildman–Crippen MR) is 55.8 cm³/mol. The lowest BCUT2D eigenvalue weighted by Gasteiger charge is -2.29. The molecule has 1 aromatic carbocycles. The van der Waals surface area contributed by atoms with Crippen molar-refractivity contribution in [3.05, 3.63) is 34.9 Å². The summed E-state index contributed by atoms with van der Waals surface area (Å²) in [5.41, 5.74) is -0.721. The van der Waals surface area contributed by atoms with Crippen LogP contribution < -0.4 is 4.74 Å². The Bertz CT molecular complexity index is 400. The molecule has 1 aliphatic heterocycles. The van der Waals surface area contributed by atoms with Crippen molar-refractivity contribution >= 4 is 17.7 Å². The summed E-state index contributed by atoms with van der Waals surface area (Å²) >= 11 is 5.78. The number of ether oxygens (including phenoxy) is 1. The molecule has 0 saturated heterocycles. The van der Waals surface area contributed by atoms with Gasteiger partial charge in [-0.25, -0.2) is 8.78 Å². The molecule has 0 spiro atoms. The highest BCUT2D eigenvalue weighted by Gasteiger charge is 2.33. The Labute approximate surface area is 91.3 Å². The molecule has 80 valence electrons. The summed E-state index contributed by atoms with van der Waals surface area (Å²) in [4.78, 5) is 0. The third-order valence-electron chi connectivity index (χ3n) is 2.30. The van der Waals surface area contributed by atoms with Crippen LogP contribution in [0.5, 0.6) is 5.75 Å². The van der Waals surface area contributed by atoms with Gasteiger partial charge >= 0.3 is 0 Å². The maximum atomic E-state index is 12.7. The van der Waals surface area contributed by atoms with Crippen LogP contribution in [-0.4, -0.2) is 19.0 Å². The van der Waals surface area contributed by atoms with Crippen LogP contribution in [0.3, 0.4) is 0 Å². The Kier molecular flexibility index (Phi) is 2.65. The van der Waals surface area contributed by atoms with Crippen LogP contribution in [-0.2, 0) is 0 Å². The Balaban J connectivity index is 2.39. The van der Waals surface area contributed by atoms with Crippen molar-refractivity contribution in [3.8, 4) is 5.75 Å². The molecular formula is C11H9ClF2O.